The van der Waals surface area contributed by atoms with Crippen molar-refractivity contribution in [3.8, 4) is 0 Å². The van der Waals surface area contributed by atoms with Gasteiger partial charge in [0.2, 0.25) is 11.8 Å². The molecule has 4 rings (SSSR count). The summed E-state index contributed by atoms with van der Waals surface area (Å²) >= 11 is 0. The minimum Gasteiger partial charge on any atom is -0.378 e. The predicted molar refractivity (Wildman–Crippen MR) is 98.5 cm³/mol. The number of aliphatic hydroxyl groups is 1. The molecule has 1 aromatic carbocycles. The molecule has 2 aliphatic heterocycles. The summed E-state index contributed by atoms with van der Waals surface area (Å²) in [6, 6.07) is 4.66. The van der Waals surface area contributed by atoms with Crippen molar-refractivity contribution >= 4 is 5.91 Å². The number of fused-ring (bicyclic) bond motifs is 4. The fourth-order valence-electron chi connectivity index (χ4n) is 5.11. The van der Waals surface area contributed by atoms with Crippen molar-refractivity contribution in [2.75, 3.05) is 19.6 Å². The van der Waals surface area contributed by atoms with E-state index in [2.05, 4.69) is 0 Å². The number of halogens is 3. The lowest BCUT2D eigenvalue weighted by molar-refractivity contribution is -0.138. The Morgan fingerprint density at radius 1 is 1.25 bits per heavy atom. The lowest BCUT2D eigenvalue weighted by Crippen LogP contribution is -2.47. The van der Waals surface area contributed by atoms with E-state index in [9.17, 15) is 23.1 Å². The van der Waals surface area contributed by atoms with Crippen LogP contribution in [0.25, 0.3) is 0 Å². The minimum atomic E-state index is -2.66. The first-order valence-electron chi connectivity index (χ1n) is 10.1. The molecule has 0 aromatic heterocycles. The summed E-state index contributed by atoms with van der Waals surface area (Å²) in [7, 11) is 0. The molecule has 1 aromatic rings. The molecule has 1 N–H and O–H groups in total. The number of hydrogen-bond donors (Lipinski definition) is 1. The third kappa shape index (κ3) is 3.66. The molecular weight excluding hydrogens is 369 g/mol. The van der Waals surface area contributed by atoms with Crippen molar-refractivity contribution in [3.63, 3.8) is 0 Å². The molecule has 3 aliphatic rings. The third-order valence-corrected chi connectivity index (χ3v) is 6.85. The molecule has 2 heterocycles. The summed E-state index contributed by atoms with van der Waals surface area (Å²) < 4.78 is 41.0. The zero-order valence-electron chi connectivity index (χ0n) is 16.1. The van der Waals surface area contributed by atoms with Crippen LogP contribution in [0.2, 0.25) is 0 Å². The zero-order chi connectivity index (χ0) is 20.1. The maximum atomic E-state index is 14.0. The zero-order valence-corrected chi connectivity index (χ0v) is 16.1. The van der Waals surface area contributed by atoms with Crippen LogP contribution in [0.4, 0.5) is 13.2 Å². The molecule has 28 heavy (non-hydrogen) atoms. The number of alkyl halides is 2. The fraction of sp³-hybridized carbons (Fsp3) is 0.667. The lowest BCUT2D eigenvalue weighted by atomic mass is 9.84. The highest BCUT2D eigenvalue weighted by Gasteiger charge is 2.43. The first-order chi connectivity index (χ1) is 13.2. The SMILES string of the molecule is CC1C2CN(C(O)C3CCC(F)(F)CC3)CC(=O)N1CCc1ccc(F)cc12. The van der Waals surface area contributed by atoms with Gasteiger partial charge in [-0.25, -0.2) is 13.2 Å². The molecular formula is C21H27F3N2O2. The Hall–Kier alpha value is -1.60. The van der Waals surface area contributed by atoms with Crippen molar-refractivity contribution in [2.45, 2.75) is 63.1 Å². The van der Waals surface area contributed by atoms with Gasteiger partial charge in [0.1, 0.15) is 12.0 Å². The first-order valence-corrected chi connectivity index (χ1v) is 10.1. The van der Waals surface area contributed by atoms with Gasteiger partial charge in [0.05, 0.1) is 6.54 Å². The summed E-state index contributed by atoms with van der Waals surface area (Å²) in [6.45, 7) is 3.02. The van der Waals surface area contributed by atoms with E-state index in [0.29, 0.717) is 19.5 Å². The topological polar surface area (TPSA) is 43.8 Å². The number of carbonyl (C=O) groups is 1. The Morgan fingerprint density at radius 2 is 1.96 bits per heavy atom. The molecule has 1 amide bonds. The Morgan fingerprint density at radius 3 is 2.68 bits per heavy atom. The second-order valence-corrected chi connectivity index (χ2v) is 8.56. The van der Waals surface area contributed by atoms with Crippen molar-refractivity contribution in [3.05, 3.63) is 35.1 Å². The van der Waals surface area contributed by atoms with E-state index in [1.165, 1.54) is 6.07 Å². The monoisotopic (exact) mass is 396 g/mol. The highest BCUT2D eigenvalue weighted by molar-refractivity contribution is 5.79. The predicted octanol–water partition coefficient (Wildman–Crippen LogP) is 3.14. The van der Waals surface area contributed by atoms with Gasteiger partial charge in [-0.2, -0.15) is 0 Å². The third-order valence-electron chi connectivity index (χ3n) is 6.85. The Kier molecular flexibility index (Phi) is 5.16. The molecule has 4 nitrogen and oxygen atoms in total. The Bertz CT molecular complexity index is 747. The number of hydrogen-bond acceptors (Lipinski definition) is 3. The van der Waals surface area contributed by atoms with E-state index in [1.54, 1.807) is 17.0 Å². The van der Waals surface area contributed by atoms with Gasteiger partial charge < -0.3 is 10.0 Å². The van der Waals surface area contributed by atoms with Crippen molar-refractivity contribution in [1.29, 1.82) is 0 Å². The highest BCUT2D eigenvalue weighted by Crippen LogP contribution is 2.40. The van der Waals surface area contributed by atoms with Crippen LogP contribution in [-0.4, -0.2) is 58.6 Å². The number of aliphatic hydroxyl groups excluding tert-OH is 1. The quantitative estimate of drug-likeness (QED) is 0.835. The van der Waals surface area contributed by atoms with Crippen molar-refractivity contribution in [1.82, 2.24) is 9.80 Å². The summed E-state index contributed by atoms with van der Waals surface area (Å²) in [4.78, 5) is 16.4. The van der Waals surface area contributed by atoms with E-state index >= 15 is 0 Å². The van der Waals surface area contributed by atoms with Crippen molar-refractivity contribution < 1.29 is 23.1 Å². The largest absolute Gasteiger partial charge is 0.378 e. The number of nitrogens with zero attached hydrogens (tertiary/aromatic N) is 2. The molecule has 1 aliphatic carbocycles. The number of carbonyl (C=O) groups excluding carboxylic acids is 1. The summed E-state index contributed by atoms with van der Waals surface area (Å²) in [5, 5.41) is 10.9. The van der Waals surface area contributed by atoms with E-state index in [1.807, 2.05) is 11.8 Å². The van der Waals surface area contributed by atoms with E-state index in [0.717, 1.165) is 11.1 Å². The van der Waals surface area contributed by atoms with E-state index < -0.39 is 12.2 Å². The molecule has 1 saturated heterocycles. The van der Waals surface area contributed by atoms with Crippen LogP contribution in [-0.2, 0) is 11.2 Å². The van der Waals surface area contributed by atoms with Crippen LogP contribution in [0.15, 0.2) is 18.2 Å². The molecule has 0 spiro atoms. The molecule has 3 unspecified atom stereocenters. The lowest BCUT2D eigenvalue weighted by Gasteiger charge is -2.37. The maximum Gasteiger partial charge on any atom is 0.248 e. The average molecular weight is 396 g/mol. The molecule has 3 atom stereocenters. The van der Waals surface area contributed by atoms with Crippen LogP contribution >= 0.6 is 0 Å². The van der Waals surface area contributed by atoms with Crippen LogP contribution in [0, 0.1) is 11.7 Å². The smallest absolute Gasteiger partial charge is 0.248 e. The summed E-state index contributed by atoms with van der Waals surface area (Å²) in [5.41, 5.74) is 1.92. The van der Waals surface area contributed by atoms with Crippen LogP contribution < -0.4 is 0 Å². The Balaban J connectivity index is 1.61. The maximum absolute atomic E-state index is 14.0. The van der Waals surface area contributed by atoms with Crippen LogP contribution in [0.3, 0.4) is 0 Å². The second kappa shape index (κ2) is 7.34. The van der Waals surface area contributed by atoms with Gasteiger partial charge in [0.25, 0.3) is 0 Å². The molecule has 2 bridgehead atoms. The molecule has 0 radical (unpaired) electrons. The molecule has 1 saturated carbocycles. The minimum absolute atomic E-state index is 0.0662. The normalized spacial score (nSPS) is 29.8. The molecule has 154 valence electrons. The number of benzene rings is 1. The van der Waals surface area contributed by atoms with Gasteiger partial charge in [-0.1, -0.05) is 6.07 Å². The average Bonchev–Trinajstić information content (AvgIpc) is 2.85. The van der Waals surface area contributed by atoms with Crippen LogP contribution in [0.5, 0.6) is 0 Å². The number of rotatable bonds is 2. The molecule has 2 fully saturated rings. The fourth-order valence-corrected chi connectivity index (χ4v) is 5.11. The van der Waals surface area contributed by atoms with Gasteiger partial charge in [-0.15, -0.1) is 0 Å². The summed E-state index contributed by atoms with van der Waals surface area (Å²) in [5.74, 6) is -3.43. The van der Waals surface area contributed by atoms with Crippen LogP contribution in [0.1, 0.15) is 49.7 Å². The molecule has 7 heteroatoms. The van der Waals surface area contributed by atoms with E-state index in [4.69, 9.17) is 0 Å². The van der Waals surface area contributed by atoms with Gasteiger partial charge >= 0.3 is 0 Å². The van der Waals surface area contributed by atoms with Gasteiger partial charge in [0, 0.05) is 37.9 Å². The summed E-state index contributed by atoms with van der Waals surface area (Å²) in [6.07, 6.45) is -0.219. The second-order valence-electron chi connectivity index (χ2n) is 8.56. The standard InChI is InChI=1S/C21H27F3N2O2/c1-13-18-11-25(20(28)15-4-7-21(23,24)8-5-15)12-19(27)26(13)9-6-14-2-3-16(22)10-17(14)18/h2-3,10,13,15,18,20,28H,4-9,11-12H2,1H3. The van der Waals surface area contributed by atoms with Gasteiger partial charge in [-0.05, 0) is 55.4 Å². The van der Waals surface area contributed by atoms with Crippen molar-refractivity contribution in [2.24, 2.45) is 5.92 Å². The number of amides is 1. The van der Waals surface area contributed by atoms with Gasteiger partial charge in [0.15, 0.2) is 0 Å². The Labute approximate surface area is 163 Å². The first kappa shape index (κ1) is 19.7. The van der Waals surface area contributed by atoms with Gasteiger partial charge in [-0.3, -0.25) is 9.69 Å². The highest BCUT2D eigenvalue weighted by atomic mass is 19.3. The van der Waals surface area contributed by atoms with E-state index in [-0.39, 0.29) is 61.8 Å².